The zero-order valence-corrected chi connectivity index (χ0v) is 12.7. The lowest BCUT2D eigenvalue weighted by molar-refractivity contribution is 0.0265. The highest BCUT2D eigenvalue weighted by Crippen LogP contribution is 2.22. The van der Waals surface area contributed by atoms with Crippen molar-refractivity contribution < 1.29 is 13.2 Å². The average Bonchev–Trinajstić information content (AvgIpc) is 2.42. The Morgan fingerprint density at radius 1 is 1.55 bits per heavy atom. The molecular formula is C12H17ClN2O4S. The summed E-state index contributed by atoms with van der Waals surface area (Å²) in [5.41, 5.74) is -0.503. The number of hydrogen-bond donors (Lipinski definition) is 1. The summed E-state index contributed by atoms with van der Waals surface area (Å²) in [5.74, 6) is 0. The van der Waals surface area contributed by atoms with E-state index >= 15 is 0 Å². The van der Waals surface area contributed by atoms with Crippen molar-refractivity contribution in [1.29, 1.82) is 0 Å². The smallest absolute Gasteiger partial charge is 0.266 e. The Kier molecular flexibility index (Phi) is 4.85. The molecule has 112 valence electrons. The van der Waals surface area contributed by atoms with Crippen LogP contribution in [0.4, 0.5) is 0 Å². The number of pyridine rings is 1. The molecule has 1 aliphatic heterocycles. The minimum absolute atomic E-state index is 0.000696. The molecule has 2 rings (SSSR count). The van der Waals surface area contributed by atoms with Crippen molar-refractivity contribution in [2.24, 2.45) is 0 Å². The number of ether oxygens (including phenoxy) is 1. The number of rotatable bonds is 4. The maximum Gasteiger partial charge on any atom is 0.266 e. The maximum absolute atomic E-state index is 12.5. The Labute approximate surface area is 122 Å². The summed E-state index contributed by atoms with van der Waals surface area (Å²) in [6, 6.07) is 1.18. The van der Waals surface area contributed by atoms with E-state index in [1.807, 2.05) is 6.92 Å². The molecule has 1 aromatic rings. The van der Waals surface area contributed by atoms with Gasteiger partial charge >= 0.3 is 0 Å². The van der Waals surface area contributed by atoms with E-state index in [4.69, 9.17) is 16.3 Å². The molecule has 8 heteroatoms. The molecule has 1 fully saturated rings. The van der Waals surface area contributed by atoms with Gasteiger partial charge in [0.1, 0.15) is 5.02 Å². The summed E-state index contributed by atoms with van der Waals surface area (Å²) >= 11 is 5.69. The van der Waals surface area contributed by atoms with E-state index in [9.17, 15) is 13.2 Å². The number of aromatic nitrogens is 1. The lowest BCUT2D eigenvalue weighted by Crippen LogP contribution is -2.43. The molecule has 1 aromatic heterocycles. The molecule has 1 N–H and O–H groups in total. The van der Waals surface area contributed by atoms with Crippen LogP contribution in [0.3, 0.4) is 0 Å². The van der Waals surface area contributed by atoms with Crippen LogP contribution in [0.2, 0.25) is 5.02 Å². The number of hydrogen-bond acceptors (Lipinski definition) is 4. The fraction of sp³-hybridized carbons (Fsp3) is 0.583. The van der Waals surface area contributed by atoms with E-state index in [1.165, 1.54) is 16.6 Å². The van der Waals surface area contributed by atoms with Gasteiger partial charge in [0.2, 0.25) is 10.0 Å². The third kappa shape index (κ3) is 3.22. The first-order valence-corrected chi connectivity index (χ1v) is 8.27. The van der Waals surface area contributed by atoms with E-state index < -0.39 is 15.6 Å². The molecule has 0 spiro atoms. The third-order valence-electron chi connectivity index (χ3n) is 3.21. The second-order valence-electron chi connectivity index (χ2n) is 4.60. The number of aromatic amines is 1. The van der Waals surface area contributed by atoms with Gasteiger partial charge in [0.05, 0.1) is 11.0 Å². The third-order valence-corrected chi connectivity index (χ3v) is 5.34. The van der Waals surface area contributed by atoms with Crippen molar-refractivity contribution in [3.05, 3.63) is 27.6 Å². The summed E-state index contributed by atoms with van der Waals surface area (Å²) in [7, 11) is -3.65. The van der Waals surface area contributed by atoms with E-state index in [0.29, 0.717) is 19.7 Å². The first kappa shape index (κ1) is 15.5. The fourth-order valence-electron chi connectivity index (χ4n) is 2.23. The minimum Gasteiger partial charge on any atom is -0.377 e. The predicted molar refractivity (Wildman–Crippen MR) is 75.5 cm³/mol. The lowest BCUT2D eigenvalue weighted by atomic mass is 10.1. The van der Waals surface area contributed by atoms with Gasteiger partial charge in [-0.25, -0.2) is 8.42 Å². The zero-order chi connectivity index (χ0) is 14.8. The van der Waals surface area contributed by atoms with Crippen molar-refractivity contribution in [2.75, 3.05) is 19.7 Å². The highest BCUT2D eigenvalue weighted by atomic mass is 35.5. The minimum atomic E-state index is -3.65. The Morgan fingerprint density at radius 3 is 2.95 bits per heavy atom. The number of sulfonamides is 1. The Bertz CT molecular complexity index is 627. The molecule has 0 aromatic carbocycles. The first-order valence-electron chi connectivity index (χ1n) is 6.45. The van der Waals surface area contributed by atoms with Gasteiger partial charge in [0, 0.05) is 25.9 Å². The first-order chi connectivity index (χ1) is 9.45. The van der Waals surface area contributed by atoms with E-state index in [1.54, 1.807) is 0 Å². The van der Waals surface area contributed by atoms with Crippen LogP contribution < -0.4 is 5.56 Å². The molecule has 20 heavy (non-hydrogen) atoms. The second-order valence-corrected chi connectivity index (χ2v) is 6.94. The quantitative estimate of drug-likeness (QED) is 0.904. The van der Waals surface area contributed by atoms with Crippen molar-refractivity contribution >= 4 is 21.6 Å². The predicted octanol–water partition coefficient (Wildman–Crippen LogP) is 1.22. The van der Waals surface area contributed by atoms with Crippen LogP contribution in [0, 0.1) is 0 Å². The molecule has 0 radical (unpaired) electrons. The Morgan fingerprint density at radius 2 is 2.30 bits per heavy atom. The summed E-state index contributed by atoms with van der Waals surface area (Å²) in [6.45, 7) is 3.22. The number of nitrogens with zero attached hydrogens (tertiary/aromatic N) is 1. The molecule has 0 amide bonds. The normalized spacial score (nSPS) is 21.0. The molecule has 0 saturated carbocycles. The van der Waals surface area contributed by atoms with Gasteiger partial charge < -0.3 is 9.72 Å². The van der Waals surface area contributed by atoms with E-state index in [2.05, 4.69) is 4.98 Å². The molecule has 0 aliphatic carbocycles. The van der Waals surface area contributed by atoms with Crippen LogP contribution in [0.25, 0.3) is 0 Å². The van der Waals surface area contributed by atoms with Gasteiger partial charge in [0.25, 0.3) is 5.56 Å². The van der Waals surface area contributed by atoms with Crippen molar-refractivity contribution in [3.8, 4) is 0 Å². The van der Waals surface area contributed by atoms with Gasteiger partial charge in [-0.3, -0.25) is 4.79 Å². The van der Waals surface area contributed by atoms with Gasteiger partial charge in [-0.1, -0.05) is 11.6 Å². The van der Waals surface area contributed by atoms with Crippen molar-refractivity contribution in [3.63, 3.8) is 0 Å². The molecule has 1 atom stereocenters. The van der Waals surface area contributed by atoms with E-state index in [0.717, 1.165) is 12.8 Å². The second kappa shape index (κ2) is 6.26. The van der Waals surface area contributed by atoms with Crippen LogP contribution in [0.1, 0.15) is 19.8 Å². The van der Waals surface area contributed by atoms with E-state index in [-0.39, 0.29) is 16.0 Å². The van der Waals surface area contributed by atoms with Crippen LogP contribution in [-0.4, -0.2) is 43.5 Å². The highest BCUT2D eigenvalue weighted by molar-refractivity contribution is 7.89. The van der Waals surface area contributed by atoms with Crippen LogP contribution in [-0.2, 0) is 14.8 Å². The molecule has 1 unspecified atom stereocenters. The van der Waals surface area contributed by atoms with Crippen LogP contribution in [0.5, 0.6) is 0 Å². The highest BCUT2D eigenvalue weighted by Gasteiger charge is 2.30. The molecule has 1 saturated heterocycles. The molecule has 0 bridgehead atoms. The summed E-state index contributed by atoms with van der Waals surface area (Å²) in [6.07, 6.45) is 2.70. The fourth-order valence-corrected chi connectivity index (χ4v) is 3.97. The Hall–Kier alpha value is -0.890. The summed E-state index contributed by atoms with van der Waals surface area (Å²) in [5, 5.41) is -0.135. The monoisotopic (exact) mass is 320 g/mol. The SMILES string of the molecule is CCOC1CCCN(S(=O)(=O)c2c[nH]c(=O)c(Cl)c2)C1. The van der Waals surface area contributed by atoms with Gasteiger partial charge in [-0.15, -0.1) is 0 Å². The lowest BCUT2D eigenvalue weighted by Gasteiger charge is -2.31. The van der Waals surface area contributed by atoms with Crippen molar-refractivity contribution in [2.45, 2.75) is 30.8 Å². The average molecular weight is 321 g/mol. The summed E-state index contributed by atoms with van der Waals surface area (Å²) in [4.78, 5) is 13.5. The van der Waals surface area contributed by atoms with Gasteiger partial charge in [0.15, 0.2) is 0 Å². The number of piperidine rings is 1. The molecule has 6 nitrogen and oxygen atoms in total. The zero-order valence-electron chi connectivity index (χ0n) is 11.1. The number of H-pyrrole nitrogens is 1. The molecule has 1 aliphatic rings. The number of nitrogens with one attached hydrogen (secondary N) is 1. The van der Waals surface area contributed by atoms with Crippen LogP contribution in [0.15, 0.2) is 22.0 Å². The maximum atomic E-state index is 12.5. The largest absolute Gasteiger partial charge is 0.377 e. The van der Waals surface area contributed by atoms with Gasteiger partial charge in [-0.2, -0.15) is 4.31 Å². The number of halogens is 1. The topological polar surface area (TPSA) is 79.5 Å². The van der Waals surface area contributed by atoms with Gasteiger partial charge in [-0.05, 0) is 25.8 Å². The standard InChI is InChI=1S/C12H17ClN2O4S/c1-2-19-9-4-3-5-15(8-9)20(17,18)10-6-11(13)12(16)14-7-10/h6-7,9H,2-5,8H2,1H3,(H,14,16). The molecule has 2 heterocycles. The Balaban J connectivity index is 2.25. The van der Waals surface area contributed by atoms with Crippen LogP contribution >= 0.6 is 11.6 Å². The summed E-state index contributed by atoms with van der Waals surface area (Å²) < 4.78 is 31.9. The molecular weight excluding hydrogens is 304 g/mol. The van der Waals surface area contributed by atoms with Crippen molar-refractivity contribution in [1.82, 2.24) is 9.29 Å².